The number of rotatable bonds is 4. The Morgan fingerprint density at radius 2 is 2.00 bits per heavy atom. The third-order valence-electron chi connectivity index (χ3n) is 2.58. The van der Waals surface area contributed by atoms with Crippen LogP contribution in [0.3, 0.4) is 0 Å². The smallest absolute Gasteiger partial charge is 0.0648 e. The van der Waals surface area contributed by atoms with E-state index in [0.717, 1.165) is 32.1 Å². The number of hydrogen-bond donors (Lipinski definition) is 1. The van der Waals surface area contributed by atoms with E-state index < -0.39 is 0 Å². The van der Waals surface area contributed by atoms with Gasteiger partial charge in [0.25, 0.3) is 0 Å². The SMILES string of the molecule is C=CCCCC1(O)CCCC1. The van der Waals surface area contributed by atoms with Crippen LogP contribution >= 0.6 is 0 Å². The summed E-state index contributed by atoms with van der Waals surface area (Å²) in [4.78, 5) is 0. The van der Waals surface area contributed by atoms with Gasteiger partial charge >= 0.3 is 0 Å². The van der Waals surface area contributed by atoms with Crippen molar-refractivity contribution in [3.8, 4) is 0 Å². The van der Waals surface area contributed by atoms with Gasteiger partial charge in [-0.15, -0.1) is 6.58 Å². The summed E-state index contributed by atoms with van der Waals surface area (Å²) in [5.74, 6) is 0. The first-order valence-electron chi connectivity index (χ1n) is 4.60. The van der Waals surface area contributed by atoms with Crippen LogP contribution in [-0.2, 0) is 0 Å². The Kier molecular flexibility index (Phi) is 3.13. The summed E-state index contributed by atoms with van der Waals surface area (Å²) < 4.78 is 0. The maximum Gasteiger partial charge on any atom is 0.0648 e. The largest absolute Gasteiger partial charge is 0.390 e. The highest BCUT2D eigenvalue weighted by molar-refractivity contribution is 4.84. The molecule has 0 unspecified atom stereocenters. The van der Waals surface area contributed by atoms with E-state index in [1.165, 1.54) is 12.8 Å². The van der Waals surface area contributed by atoms with E-state index in [1.54, 1.807) is 0 Å². The fraction of sp³-hybridized carbons (Fsp3) is 0.800. The summed E-state index contributed by atoms with van der Waals surface area (Å²) >= 11 is 0. The lowest BCUT2D eigenvalue weighted by Gasteiger charge is -2.21. The van der Waals surface area contributed by atoms with Gasteiger partial charge in [0.2, 0.25) is 0 Å². The molecule has 0 heterocycles. The zero-order chi connectivity index (χ0) is 8.16. The van der Waals surface area contributed by atoms with Crippen LogP contribution in [0.1, 0.15) is 44.9 Å². The van der Waals surface area contributed by atoms with Crippen LogP contribution in [0.15, 0.2) is 12.7 Å². The molecule has 1 N–H and O–H groups in total. The molecule has 1 rings (SSSR count). The lowest BCUT2D eigenvalue weighted by atomic mass is 9.95. The van der Waals surface area contributed by atoms with Crippen molar-refractivity contribution < 1.29 is 5.11 Å². The molecule has 1 aliphatic rings. The third kappa shape index (κ3) is 2.66. The van der Waals surface area contributed by atoms with Crippen LogP contribution in [-0.4, -0.2) is 10.7 Å². The second-order valence-electron chi connectivity index (χ2n) is 3.61. The van der Waals surface area contributed by atoms with Crippen LogP contribution in [0.2, 0.25) is 0 Å². The van der Waals surface area contributed by atoms with Gasteiger partial charge in [0.05, 0.1) is 5.60 Å². The van der Waals surface area contributed by atoms with E-state index in [-0.39, 0.29) is 5.60 Å². The summed E-state index contributed by atoms with van der Waals surface area (Å²) in [6, 6.07) is 0. The Morgan fingerprint density at radius 1 is 1.36 bits per heavy atom. The lowest BCUT2D eigenvalue weighted by molar-refractivity contribution is 0.0371. The number of aliphatic hydroxyl groups is 1. The number of unbranched alkanes of at least 4 members (excludes halogenated alkanes) is 1. The molecular formula is C10H18O. The minimum atomic E-state index is -0.303. The van der Waals surface area contributed by atoms with Crippen molar-refractivity contribution >= 4 is 0 Å². The molecule has 1 nitrogen and oxygen atoms in total. The molecule has 0 atom stereocenters. The number of allylic oxidation sites excluding steroid dienone is 1. The lowest BCUT2D eigenvalue weighted by Crippen LogP contribution is -2.23. The second kappa shape index (κ2) is 3.91. The maximum absolute atomic E-state index is 9.88. The predicted octanol–water partition coefficient (Wildman–Crippen LogP) is 2.65. The van der Waals surface area contributed by atoms with Crippen molar-refractivity contribution in [2.75, 3.05) is 0 Å². The molecule has 64 valence electrons. The molecule has 1 fully saturated rings. The Hall–Kier alpha value is -0.300. The van der Waals surface area contributed by atoms with Crippen LogP contribution in [0.4, 0.5) is 0 Å². The minimum absolute atomic E-state index is 0.303. The fourth-order valence-corrected chi connectivity index (χ4v) is 1.86. The topological polar surface area (TPSA) is 20.2 Å². The molecule has 0 aromatic carbocycles. The van der Waals surface area contributed by atoms with Gasteiger partial charge in [-0.3, -0.25) is 0 Å². The molecule has 0 aromatic rings. The highest BCUT2D eigenvalue weighted by atomic mass is 16.3. The van der Waals surface area contributed by atoms with E-state index in [9.17, 15) is 5.11 Å². The number of hydrogen-bond acceptors (Lipinski definition) is 1. The average Bonchev–Trinajstić information content (AvgIpc) is 2.38. The van der Waals surface area contributed by atoms with Crippen molar-refractivity contribution in [3.63, 3.8) is 0 Å². The van der Waals surface area contributed by atoms with Crippen molar-refractivity contribution in [3.05, 3.63) is 12.7 Å². The van der Waals surface area contributed by atoms with Crippen LogP contribution < -0.4 is 0 Å². The van der Waals surface area contributed by atoms with E-state index in [4.69, 9.17) is 0 Å². The predicted molar refractivity (Wildman–Crippen MR) is 47.5 cm³/mol. The van der Waals surface area contributed by atoms with E-state index in [1.807, 2.05) is 6.08 Å². The van der Waals surface area contributed by atoms with Crippen molar-refractivity contribution in [1.82, 2.24) is 0 Å². The molecule has 0 aromatic heterocycles. The van der Waals surface area contributed by atoms with Crippen molar-refractivity contribution in [2.24, 2.45) is 0 Å². The molecule has 0 amide bonds. The standard InChI is InChI=1S/C10H18O/c1-2-3-4-7-10(11)8-5-6-9-10/h2,11H,1,3-9H2. The zero-order valence-corrected chi connectivity index (χ0v) is 7.18. The monoisotopic (exact) mass is 154 g/mol. The fourth-order valence-electron chi connectivity index (χ4n) is 1.86. The normalized spacial score (nSPS) is 21.9. The Morgan fingerprint density at radius 3 is 2.55 bits per heavy atom. The Labute approximate surface area is 69.1 Å². The van der Waals surface area contributed by atoms with Crippen LogP contribution in [0, 0.1) is 0 Å². The van der Waals surface area contributed by atoms with Gasteiger partial charge in [0, 0.05) is 0 Å². The molecule has 0 saturated heterocycles. The molecule has 0 aliphatic heterocycles. The molecule has 1 saturated carbocycles. The molecule has 0 radical (unpaired) electrons. The second-order valence-corrected chi connectivity index (χ2v) is 3.61. The summed E-state index contributed by atoms with van der Waals surface area (Å²) in [5.41, 5.74) is -0.303. The minimum Gasteiger partial charge on any atom is -0.390 e. The molecule has 11 heavy (non-hydrogen) atoms. The maximum atomic E-state index is 9.88. The van der Waals surface area contributed by atoms with Crippen molar-refractivity contribution in [1.29, 1.82) is 0 Å². The summed E-state index contributed by atoms with van der Waals surface area (Å²) in [6.07, 6.45) is 9.50. The molecule has 1 aliphatic carbocycles. The van der Waals surface area contributed by atoms with Crippen LogP contribution in [0.5, 0.6) is 0 Å². The van der Waals surface area contributed by atoms with E-state index >= 15 is 0 Å². The first kappa shape index (κ1) is 8.79. The molecule has 1 heteroatoms. The first-order chi connectivity index (χ1) is 5.27. The van der Waals surface area contributed by atoms with Gasteiger partial charge in [-0.1, -0.05) is 18.9 Å². The van der Waals surface area contributed by atoms with Gasteiger partial charge < -0.3 is 5.11 Å². The highest BCUT2D eigenvalue weighted by Crippen LogP contribution is 2.33. The summed E-state index contributed by atoms with van der Waals surface area (Å²) in [5, 5.41) is 9.88. The first-order valence-corrected chi connectivity index (χ1v) is 4.60. The van der Waals surface area contributed by atoms with E-state index in [0.29, 0.717) is 0 Å². The van der Waals surface area contributed by atoms with E-state index in [2.05, 4.69) is 6.58 Å². The van der Waals surface area contributed by atoms with Gasteiger partial charge in [0.15, 0.2) is 0 Å². The zero-order valence-electron chi connectivity index (χ0n) is 7.18. The highest BCUT2D eigenvalue weighted by Gasteiger charge is 2.29. The van der Waals surface area contributed by atoms with Gasteiger partial charge in [-0.25, -0.2) is 0 Å². The summed E-state index contributed by atoms with van der Waals surface area (Å²) in [6.45, 7) is 3.67. The third-order valence-corrected chi connectivity index (χ3v) is 2.58. The van der Waals surface area contributed by atoms with Gasteiger partial charge in [0.1, 0.15) is 0 Å². The Balaban J connectivity index is 2.17. The molecule has 0 bridgehead atoms. The van der Waals surface area contributed by atoms with Crippen molar-refractivity contribution in [2.45, 2.75) is 50.5 Å². The quantitative estimate of drug-likeness (QED) is 0.487. The Bertz CT molecular complexity index is 123. The van der Waals surface area contributed by atoms with Gasteiger partial charge in [-0.2, -0.15) is 0 Å². The average molecular weight is 154 g/mol. The molecule has 0 spiro atoms. The van der Waals surface area contributed by atoms with Crippen LogP contribution in [0.25, 0.3) is 0 Å². The van der Waals surface area contributed by atoms with Gasteiger partial charge in [-0.05, 0) is 32.1 Å². The molecular weight excluding hydrogens is 136 g/mol. The summed E-state index contributed by atoms with van der Waals surface area (Å²) in [7, 11) is 0.